The van der Waals surface area contributed by atoms with Crippen LogP contribution in [0.25, 0.3) is 0 Å². The zero-order valence-corrected chi connectivity index (χ0v) is 11.3. The van der Waals surface area contributed by atoms with Crippen molar-refractivity contribution >= 4 is 23.4 Å². The highest BCUT2D eigenvalue weighted by molar-refractivity contribution is 6.30. The molecule has 0 aliphatic carbocycles. The molecule has 1 unspecified atom stereocenters. The lowest BCUT2D eigenvalue weighted by Gasteiger charge is -2.08. The molecule has 0 aliphatic heterocycles. The maximum Gasteiger partial charge on any atom is 0.305 e. The summed E-state index contributed by atoms with van der Waals surface area (Å²) in [6, 6.07) is 8.65. The first-order valence-corrected chi connectivity index (χ1v) is 6.21. The first kappa shape index (κ1) is 15.2. The lowest BCUT2D eigenvalue weighted by atomic mass is 9.93. The highest BCUT2D eigenvalue weighted by atomic mass is 35.5. The van der Waals surface area contributed by atoms with E-state index in [0.29, 0.717) is 17.0 Å². The molecule has 1 rings (SSSR count). The number of methoxy groups -OCH3 is 1. The van der Waals surface area contributed by atoms with E-state index in [1.54, 1.807) is 24.3 Å². The number of rotatable bonds is 6. The zero-order valence-electron chi connectivity index (χ0n) is 10.6. The number of hydrogen-bond donors (Lipinski definition) is 0. The Bertz CT molecular complexity index is 508. The van der Waals surface area contributed by atoms with Crippen LogP contribution >= 0.6 is 11.6 Å². The maximum atomic E-state index is 11.9. The highest BCUT2D eigenvalue weighted by Gasteiger charge is 2.20. The summed E-state index contributed by atoms with van der Waals surface area (Å²) in [5.74, 6) is -1.41. The molecule has 0 N–H and O–H groups in total. The predicted octanol–water partition coefficient (Wildman–Crippen LogP) is 2.86. The van der Waals surface area contributed by atoms with Crippen LogP contribution in [0.4, 0.5) is 0 Å². The number of hydrogen-bond acceptors (Lipinski definition) is 4. The summed E-state index contributed by atoms with van der Waals surface area (Å²) in [6.07, 6.45) is 0.722. The summed E-state index contributed by atoms with van der Waals surface area (Å²) in [5, 5.41) is 9.58. The first-order chi connectivity index (χ1) is 9.08. The fourth-order valence-corrected chi connectivity index (χ4v) is 1.87. The molecule has 0 radical (unpaired) electrons. The molecule has 0 aromatic heterocycles. The fourth-order valence-electron chi connectivity index (χ4n) is 1.67. The van der Waals surface area contributed by atoms with Gasteiger partial charge in [0.15, 0.2) is 5.78 Å². The molecule has 0 spiro atoms. The lowest BCUT2D eigenvalue weighted by molar-refractivity contribution is -0.140. The Morgan fingerprint density at radius 3 is 2.74 bits per heavy atom. The van der Waals surface area contributed by atoms with Crippen molar-refractivity contribution in [2.24, 2.45) is 0 Å². The van der Waals surface area contributed by atoms with Crippen LogP contribution in [-0.4, -0.2) is 18.9 Å². The summed E-state index contributed by atoms with van der Waals surface area (Å²) in [6.45, 7) is 0. The number of Topliss-reactive ketones (excluding diaryl/α,β-unsaturated/α-hetero) is 1. The minimum absolute atomic E-state index is 0.167. The van der Waals surface area contributed by atoms with Gasteiger partial charge in [0, 0.05) is 17.9 Å². The summed E-state index contributed by atoms with van der Waals surface area (Å²) < 4.78 is 4.49. The molecule has 0 amide bonds. The van der Waals surface area contributed by atoms with Crippen LogP contribution in [0.3, 0.4) is 0 Å². The fraction of sp³-hybridized carbons (Fsp3) is 0.357. The van der Waals surface area contributed by atoms with Gasteiger partial charge in [0.1, 0.15) is 5.92 Å². The first-order valence-electron chi connectivity index (χ1n) is 5.83. The van der Waals surface area contributed by atoms with Gasteiger partial charge in [-0.2, -0.15) is 5.26 Å². The van der Waals surface area contributed by atoms with Crippen LogP contribution in [0.15, 0.2) is 24.3 Å². The molecule has 0 heterocycles. The second-order valence-electron chi connectivity index (χ2n) is 4.01. The molecule has 0 fully saturated rings. The van der Waals surface area contributed by atoms with Crippen molar-refractivity contribution in [2.75, 3.05) is 7.11 Å². The van der Waals surface area contributed by atoms with E-state index >= 15 is 0 Å². The number of nitriles is 1. The van der Waals surface area contributed by atoms with E-state index < -0.39 is 5.92 Å². The van der Waals surface area contributed by atoms with Gasteiger partial charge in [0.25, 0.3) is 0 Å². The quantitative estimate of drug-likeness (QED) is 0.751. The molecule has 100 valence electrons. The molecule has 0 saturated heterocycles. The van der Waals surface area contributed by atoms with Crippen LogP contribution in [-0.2, 0) is 14.3 Å². The van der Waals surface area contributed by atoms with Crippen LogP contribution in [0, 0.1) is 11.3 Å². The molecular formula is C14H14ClNO3. The Hall–Kier alpha value is -1.86. The van der Waals surface area contributed by atoms with Gasteiger partial charge in [-0.25, -0.2) is 0 Å². The summed E-state index contributed by atoms with van der Waals surface area (Å²) in [5.41, 5.74) is 0.582. The van der Waals surface area contributed by atoms with Crippen molar-refractivity contribution in [3.05, 3.63) is 34.9 Å². The van der Waals surface area contributed by atoms with Crippen molar-refractivity contribution < 1.29 is 14.3 Å². The molecule has 0 bridgehead atoms. The smallest absolute Gasteiger partial charge is 0.305 e. The monoisotopic (exact) mass is 279 g/mol. The number of halogens is 1. The van der Waals surface area contributed by atoms with E-state index in [0.717, 1.165) is 0 Å². The number of ether oxygens (including phenoxy) is 1. The SMILES string of the molecule is COC(=O)CCCC(=O)C(C#N)c1cccc(Cl)c1. The molecular weight excluding hydrogens is 266 g/mol. The molecule has 1 aromatic carbocycles. The number of esters is 1. The van der Waals surface area contributed by atoms with Crippen LogP contribution in [0.2, 0.25) is 5.02 Å². The Morgan fingerprint density at radius 1 is 1.42 bits per heavy atom. The van der Waals surface area contributed by atoms with Gasteiger partial charge in [-0.15, -0.1) is 0 Å². The van der Waals surface area contributed by atoms with E-state index in [9.17, 15) is 9.59 Å². The van der Waals surface area contributed by atoms with Gasteiger partial charge in [-0.05, 0) is 24.1 Å². The lowest BCUT2D eigenvalue weighted by Crippen LogP contribution is -2.11. The number of benzene rings is 1. The van der Waals surface area contributed by atoms with E-state index in [2.05, 4.69) is 4.74 Å². The van der Waals surface area contributed by atoms with E-state index in [4.69, 9.17) is 16.9 Å². The van der Waals surface area contributed by atoms with Crippen LogP contribution in [0.1, 0.15) is 30.7 Å². The number of carbonyl (C=O) groups is 2. The van der Waals surface area contributed by atoms with Crippen LogP contribution in [0.5, 0.6) is 0 Å². The highest BCUT2D eigenvalue weighted by Crippen LogP contribution is 2.22. The average Bonchev–Trinajstić information content (AvgIpc) is 2.39. The third kappa shape index (κ3) is 4.72. The zero-order chi connectivity index (χ0) is 14.3. The molecule has 1 aromatic rings. The minimum Gasteiger partial charge on any atom is -0.469 e. The van der Waals surface area contributed by atoms with Gasteiger partial charge >= 0.3 is 5.97 Å². The van der Waals surface area contributed by atoms with Gasteiger partial charge in [-0.3, -0.25) is 9.59 Å². The van der Waals surface area contributed by atoms with Crippen molar-refractivity contribution in [3.63, 3.8) is 0 Å². The third-order valence-corrected chi connectivity index (χ3v) is 2.90. The standard InChI is InChI=1S/C14H14ClNO3/c1-19-14(18)7-3-6-13(17)12(9-16)10-4-2-5-11(15)8-10/h2,4-5,8,12H,3,6-7H2,1H3. The molecule has 19 heavy (non-hydrogen) atoms. The normalized spacial score (nSPS) is 11.4. The predicted molar refractivity (Wildman–Crippen MR) is 70.7 cm³/mol. The number of carbonyl (C=O) groups excluding carboxylic acids is 2. The maximum absolute atomic E-state index is 11.9. The van der Waals surface area contributed by atoms with Gasteiger partial charge in [0.2, 0.25) is 0 Å². The largest absolute Gasteiger partial charge is 0.469 e. The summed E-state index contributed by atoms with van der Waals surface area (Å²) in [4.78, 5) is 22.9. The molecule has 1 atom stereocenters. The van der Waals surface area contributed by atoms with E-state index in [-0.39, 0.29) is 24.6 Å². The van der Waals surface area contributed by atoms with Crippen molar-refractivity contribution in [1.29, 1.82) is 5.26 Å². The van der Waals surface area contributed by atoms with E-state index in [1.807, 2.05) is 6.07 Å². The third-order valence-electron chi connectivity index (χ3n) is 2.66. The Labute approximate surface area is 116 Å². The van der Waals surface area contributed by atoms with Gasteiger partial charge < -0.3 is 4.74 Å². The summed E-state index contributed by atoms with van der Waals surface area (Å²) >= 11 is 5.83. The Kier molecular flexibility index (Phi) is 6.04. The van der Waals surface area contributed by atoms with Crippen molar-refractivity contribution in [2.45, 2.75) is 25.2 Å². The van der Waals surface area contributed by atoms with Gasteiger partial charge in [0.05, 0.1) is 13.2 Å². The topological polar surface area (TPSA) is 67.2 Å². The Balaban J connectivity index is 2.63. The van der Waals surface area contributed by atoms with Crippen molar-refractivity contribution in [1.82, 2.24) is 0 Å². The minimum atomic E-state index is -0.837. The molecule has 5 heteroatoms. The van der Waals surface area contributed by atoms with Gasteiger partial charge in [-0.1, -0.05) is 23.7 Å². The summed E-state index contributed by atoms with van der Waals surface area (Å²) in [7, 11) is 1.30. The molecule has 0 saturated carbocycles. The average molecular weight is 280 g/mol. The number of ketones is 1. The van der Waals surface area contributed by atoms with Crippen molar-refractivity contribution in [3.8, 4) is 6.07 Å². The molecule has 4 nitrogen and oxygen atoms in total. The van der Waals surface area contributed by atoms with Crippen LogP contribution < -0.4 is 0 Å². The number of nitrogens with zero attached hydrogens (tertiary/aromatic N) is 1. The second-order valence-corrected chi connectivity index (χ2v) is 4.45. The van der Waals surface area contributed by atoms with E-state index in [1.165, 1.54) is 7.11 Å². The molecule has 0 aliphatic rings. The second kappa shape index (κ2) is 7.55. The Morgan fingerprint density at radius 2 is 2.16 bits per heavy atom.